The number of nitrogens with two attached hydrogens (primary N) is 1. The molecule has 2 rings (SSSR count). The second kappa shape index (κ2) is 4.53. The number of nitrogens with one attached hydrogen (secondary N) is 1. The quantitative estimate of drug-likeness (QED) is 0.714. The van der Waals surface area contributed by atoms with Gasteiger partial charge < -0.3 is 16.2 Å². The van der Waals surface area contributed by atoms with E-state index in [9.17, 15) is 9.90 Å². The van der Waals surface area contributed by atoms with Gasteiger partial charge in [0.15, 0.2) is 0 Å². The van der Waals surface area contributed by atoms with E-state index < -0.39 is 5.91 Å². The summed E-state index contributed by atoms with van der Waals surface area (Å²) in [6, 6.07) is 7.14. The van der Waals surface area contributed by atoms with Crippen LogP contribution in [0.4, 0.5) is 5.69 Å². The summed E-state index contributed by atoms with van der Waals surface area (Å²) in [7, 11) is 0. The zero-order valence-corrected chi connectivity index (χ0v) is 9.02. The van der Waals surface area contributed by atoms with Gasteiger partial charge in [-0.3, -0.25) is 4.79 Å². The Labute approximate surface area is 94.5 Å². The van der Waals surface area contributed by atoms with Crippen molar-refractivity contribution in [3.8, 4) is 0 Å². The molecule has 0 bridgehead atoms. The fraction of sp³-hybridized carbons (Fsp3) is 0.417. The van der Waals surface area contributed by atoms with E-state index in [1.165, 1.54) is 0 Å². The molecular formula is C12H16N2O2. The molecule has 1 aromatic carbocycles. The third-order valence-electron chi connectivity index (χ3n) is 2.98. The molecule has 2 atom stereocenters. The third-order valence-corrected chi connectivity index (χ3v) is 2.98. The summed E-state index contributed by atoms with van der Waals surface area (Å²) in [6.07, 6.45) is 2.54. The van der Waals surface area contributed by atoms with Gasteiger partial charge in [-0.25, -0.2) is 0 Å². The zero-order chi connectivity index (χ0) is 11.5. The first kappa shape index (κ1) is 11.0. The Bertz CT molecular complexity index is 392. The number of aliphatic hydroxyl groups excluding tert-OH is 1. The molecule has 1 saturated carbocycles. The van der Waals surface area contributed by atoms with E-state index in [1.807, 2.05) is 6.07 Å². The Hall–Kier alpha value is -1.55. The molecule has 2 unspecified atom stereocenters. The predicted octanol–water partition coefficient (Wildman–Crippen LogP) is 1.11. The Morgan fingerprint density at radius 3 is 2.88 bits per heavy atom. The minimum atomic E-state index is -0.435. The van der Waals surface area contributed by atoms with Crippen LogP contribution in [0.2, 0.25) is 0 Å². The molecule has 0 spiro atoms. The molecule has 1 fully saturated rings. The summed E-state index contributed by atoms with van der Waals surface area (Å²) >= 11 is 0. The molecule has 4 N–H and O–H groups in total. The molecule has 0 aliphatic heterocycles. The van der Waals surface area contributed by atoms with Crippen molar-refractivity contribution in [3.05, 3.63) is 29.8 Å². The number of carbonyl (C=O) groups is 1. The van der Waals surface area contributed by atoms with E-state index in [0.717, 1.165) is 24.9 Å². The lowest BCUT2D eigenvalue weighted by molar-refractivity contribution is 0.100. The van der Waals surface area contributed by atoms with Gasteiger partial charge >= 0.3 is 0 Å². The first-order chi connectivity index (χ1) is 7.66. The number of hydrogen-bond acceptors (Lipinski definition) is 3. The summed E-state index contributed by atoms with van der Waals surface area (Å²) in [5.74, 6) is -0.435. The summed E-state index contributed by atoms with van der Waals surface area (Å²) in [6.45, 7) is 0. The van der Waals surface area contributed by atoms with Crippen molar-refractivity contribution in [2.75, 3.05) is 5.32 Å². The van der Waals surface area contributed by atoms with Crippen molar-refractivity contribution in [1.82, 2.24) is 0 Å². The van der Waals surface area contributed by atoms with E-state index in [-0.39, 0.29) is 12.1 Å². The lowest BCUT2D eigenvalue weighted by Crippen LogP contribution is -2.28. The highest BCUT2D eigenvalue weighted by Gasteiger charge is 2.24. The van der Waals surface area contributed by atoms with Gasteiger partial charge in [-0.1, -0.05) is 6.07 Å². The van der Waals surface area contributed by atoms with E-state index >= 15 is 0 Å². The standard InChI is InChI=1S/C12H16N2O2/c13-12(16)8-3-1-4-9(7-8)14-10-5-2-6-11(10)15/h1,3-4,7,10-11,14-15H,2,5-6H2,(H2,13,16). The zero-order valence-electron chi connectivity index (χ0n) is 9.02. The SMILES string of the molecule is NC(=O)c1cccc(NC2CCCC2O)c1. The van der Waals surface area contributed by atoms with Crippen molar-refractivity contribution in [1.29, 1.82) is 0 Å². The predicted molar refractivity (Wildman–Crippen MR) is 62.2 cm³/mol. The van der Waals surface area contributed by atoms with Crippen LogP contribution in [0.25, 0.3) is 0 Å². The number of carbonyl (C=O) groups excluding carboxylic acids is 1. The largest absolute Gasteiger partial charge is 0.391 e. The maximum Gasteiger partial charge on any atom is 0.248 e. The fourth-order valence-electron chi connectivity index (χ4n) is 2.09. The van der Waals surface area contributed by atoms with Crippen LogP contribution >= 0.6 is 0 Å². The molecule has 4 nitrogen and oxygen atoms in total. The van der Waals surface area contributed by atoms with Gasteiger partial charge in [0.25, 0.3) is 0 Å². The van der Waals surface area contributed by atoms with Crippen molar-refractivity contribution in [2.45, 2.75) is 31.4 Å². The smallest absolute Gasteiger partial charge is 0.248 e. The van der Waals surface area contributed by atoms with Crippen LogP contribution in [-0.2, 0) is 0 Å². The minimum absolute atomic E-state index is 0.0862. The van der Waals surface area contributed by atoms with E-state index in [1.54, 1.807) is 18.2 Å². The fourth-order valence-corrected chi connectivity index (χ4v) is 2.09. The maximum atomic E-state index is 11.0. The van der Waals surface area contributed by atoms with Crippen molar-refractivity contribution < 1.29 is 9.90 Å². The highest BCUT2D eigenvalue weighted by molar-refractivity contribution is 5.93. The molecule has 1 aromatic rings. The van der Waals surface area contributed by atoms with Crippen LogP contribution in [-0.4, -0.2) is 23.2 Å². The molecule has 0 saturated heterocycles. The maximum absolute atomic E-state index is 11.0. The number of benzene rings is 1. The van der Waals surface area contributed by atoms with Crippen LogP contribution in [0.15, 0.2) is 24.3 Å². The van der Waals surface area contributed by atoms with Gasteiger partial charge in [-0.15, -0.1) is 0 Å². The molecular weight excluding hydrogens is 204 g/mol. The molecule has 1 aliphatic carbocycles. The van der Waals surface area contributed by atoms with Crippen LogP contribution in [0.3, 0.4) is 0 Å². The first-order valence-electron chi connectivity index (χ1n) is 5.51. The van der Waals surface area contributed by atoms with Crippen molar-refractivity contribution in [2.24, 2.45) is 5.73 Å². The number of amides is 1. The highest BCUT2D eigenvalue weighted by atomic mass is 16.3. The average Bonchev–Trinajstić information content (AvgIpc) is 2.65. The van der Waals surface area contributed by atoms with Crippen molar-refractivity contribution >= 4 is 11.6 Å². The number of rotatable bonds is 3. The van der Waals surface area contributed by atoms with Crippen LogP contribution in [0.1, 0.15) is 29.6 Å². The van der Waals surface area contributed by atoms with E-state index in [2.05, 4.69) is 5.32 Å². The summed E-state index contributed by atoms with van der Waals surface area (Å²) in [5.41, 5.74) is 6.52. The molecule has 86 valence electrons. The Kier molecular flexibility index (Phi) is 3.10. The normalized spacial score (nSPS) is 24.3. The number of hydrogen-bond donors (Lipinski definition) is 3. The summed E-state index contributed by atoms with van der Waals surface area (Å²) in [4.78, 5) is 11.0. The summed E-state index contributed by atoms with van der Waals surface area (Å²) in [5, 5.41) is 12.9. The Morgan fingerprint density at radius 2 is 2.25 bits per heavy atom. The van der Waals surface area contributed by atoms with E-state index in [4.69, 9.17) is 5.73 Å². The Balaban J connectivity index is 2.09. The lowest BCUT2D eigenvalue weighted by Gasteiger charge is -2.17. The molecule has 0 radical (unpaired) electrons. The second-order valence-corrected chi connectivity index (χ2v) is 4.19. The van der Waals surface area contributed by atoms with Gasteiger partial charge in [-0.05, 0) is 37.5 Å². The highest BCUT2D eigenvalue weighted by Crippen LogP contribution is 2.23. The van der Waals surface area contributed by atoms with Gasteiger partial charge in [0.1, 0.15) is 0 Å². The molecule has 1 amide bonds. The van der Waals surface area contributed by atoms with Gasteiger partial charge in [-0.2, -0.15) is 0 Å². The second-order valence-electron chi connectivity index (χ2n) is 4.19. The molecule has 16 heavy (non-hydrogen) atoms. The van der Waals surface area contributed by atoms with Gasteiger partial charge in [0.05, 0.1) is 12.1 Å². The summed E-state index contributed by atoms with van der Waals surface area (Å²) < 4.78 is 0. The molecule has 0 heterocycles. The topological polar surface area (TPSA) is 75.4 Å². The third kappa shape index (κ3) is 2.33. The number of anilines is 1. The molecule has 0 aromatic heterocycles. The van der Waals surface area contributed by atoms with Crippen LogP contribution in [0.5, 0.6) is 0 Å². The lowest BCUT2D eigenvalue weighted by atomic mass is 10.1. The van der Waals surface area contributed by atoms with Gasteiger partial charge in [0.2, 0.25) is 5.91 Å². The van der Waals surface area contributed by atoms with Gasteiger partial charge in [0, 0.05) is 11.3 Å². The molecule has 4 heteroatoms. The Morgan fingerprint density at radius 1 is 1.44 bits per heavy atom. The van der Waals surface area contributed by atoms with Crippen molar-refractivity contribution in [3.63, 3.8) is 0 Å². The average molecular weight is 220 g/mol. The first-order valence-corrected chi connectivity index (χ1v) is 5.51. The number of primary amides is 1. The monoisotopic (exact) mass is 220 g/mol. The molecule has 1 aliphatic rings. The van der Waals surface area contributed by atoms with Crippen LogP contribution < -0.4 is 11.1 Å². The van der Waals surface area contributed by atoms with E-state index in [0.29, 0.717) is 5.56 Å². The minimum Gasteiger partial charge on any atom is -0.391 e. The number of aliphatic hydroxyl groups is 1. The van der Waals surface area contributed by atoms with Crippen LogP contribution in [0, 0.1) is 0 Å².